The fraction of sp³-hybridized carbons (Fsp3) is 0.375. The van der Waals surface area contributed by atoms with Gasteiger partial charge in [-0.3, -0.25) is 4.68 Å². The molecule has 0 saturated heterocycles. The molecule has 0 saturated carbocycles. The van der Waals surface area contributed by atoms with Crippen molar-refractivity contribution in [1.82, 2.24) is 20.4 Å². The van der Waals surface area contributed by atoms with Crippen LogP contribution >= 0.6 is 35.6 Å². The normalized spacial score (nSPS) is 10.9. The summed E-state index contributed by atoms with van der Waals surface area (Å²) in [5.41, 5.74) is 1.05. The second-order valence-corrected chi connectivity index (χ2v) is 5.31. The van der Waals surface area contributed by atoms with Crippen LogP contribution in [-0.2, 0) is 13.6 Å². The number of nitrogens with one attached hydrogen (secondary N) is 2. The lowest BCUT2D eigenvalue weighted by molar-refractivity contribution is 0.322. The Morgan fingerprint density at radius 1 is 1.33 bits per heavy atom. The van der Waals surface area contributed by atoms with Gasteiger partial charge in [-0.1, -0.05) is 17.7 Å². The predicted octanol–water partition coefficient (Wildman–Crippen LogP) is 2.83. The molecule has 24 heavy (non-hydrogen) atoms. The van der Waals surface area contributed by atoms with Crippen molar-refractivity contribution in [2.75, 3.05) is 19.7 Å². The van der Waals surface area contributed by atoms with Crippen LogP contribution in [0, 0.1) is 0 Å². The summed E-state index contributed by atoms with van der Waals surface area (Å²) in [6.45, 7) is 4.57. The molecule has 0 aliphatic rings. The summed E-state index contributed by atoms with van der Waals surface area (Å²) >= 11 is 5.92. The van der Waals surface area contributed by atoms with E-state index in [9.17, 15) is 0 Å². The van der Waals surface area contributed by atoms with Crippen LogP contribution in [-0.4, -0.2) is 35.4 Å². The molecule has 1 aromatic heterocycles. The summed E-state index contributed by atoms with van der Waals surface area (Å²) in [4.78, 5) is 4.53. The van der Waals surface area contributed by atoms with Gasteiger partial charge in [0.05, 0.1) is 18.8 Å². The molecule has 0 aliphatic heterocycles. The summed E-state index contributed by atoms with van der Waals surface area (Å²) < 4.78 is 7.46. The van der Waals surface area contributed by atoms with E-state index in [2.05, 4.69) is 20.7 Å². The fourth-order valence-corrected chi connectivity index (χ4v) is 2.13. The first-order valence-electron chi connectivity index (χ1n) is 7.56. The summed E-state index contributed by atoms with van der Waals surface area (Å²) in [6, 6.07) is 9.32. The molecule has 0 bridgehead atoms. The van der Waals surface area contributed by atoms with E-state index < -0.39 is 0 Å². The highest BCUT2D eigenvalue weighted by Crippen LogP contribution is 2.16. The van der Waals surface area contributed by atoms with E-state index in [4.69, 9.17) is 16.3 Å². The van der Waals surface area contributed by atoms with Gasteiger partial charge in [0.15, 0.2) is 5.96 Å². The van der Waals surface area contributed by atoms with E-state index in [0.717, 1.165) is 23.9 Å². The lowest BCUT2D eigenvalue weighted by atomic mass is 10.3. The SMILES string of the molecule is CCNC(=NCc1ccnn1C)NCCOc1cccc(Cl)c1.I. The Balaban J connectivity index is 0.00000288. The van der Waals surface area contributed by atoms with Crippen LogP contribution in [0.15, 0.2) is 41.5 Å². The van der Waals surface area contributed by atoms with Gasteiger partial charge in [0, 0.05) is 24.8 Å². The Bertz CT molecular complexity index is 647. The van der Waals surface area contributed by atoms with Gasteiger partial charge >= 0.3 is 0 Å². The average molecular weight is 464 g/mol. The molecule has 8 heteroatoms. The maximum atomic E-state index is 5.92. The van der Waals surface area contributed by atoms with Crippen molar-refractivity contribution in [2.45, 2.75) is 13.5 Å². The summed E-state index contributed by atoms with van der Waals surface area (Å²) in [6.07, 6.45) is 1.77. The number of aryl methyl sites for hydroxylation is 1. The molecule has 0 spiro atoms. The second-order valence-electron chi connectivity index (χ2n) is 4.87. The van der Waals surface area contributed by atoms with Gasteiger partial charge in [-0.25, -0.2) is 4.99 Å². The quantitative estimate of drug-likeness (QED) is 0.287. The van der Waals surface area contributed by atoms with Gasteiger partial charge in [0.2, 0.25) is 0 Å². The molecule has 1 heterocycles. The van der Waals surface area contributed by atoms with Crippen LogP contribution < -0.4 is 15.4 Å². The van der Waals surface area contributed by atoms with E-state index in [0.29, 0.717) is 24.7 Å². The molecule has 0 amide bonds. The Morgan fingerprint density at radius 2 is 2.17 bits per heavy atom. The summed E-state index contributed by atoms with van der Waals surface area (Å²) in [7, 11) is 1.91. The first-order valence-corrected chi connectivity index (χ1v) is 7.94. The minimum Gasteiger partial charge on any atom is -0.492 e. The van der Waals surface area contributed by atoms with Crippen LogP contribution in [0.1, 0.15) is 12.6 Å². The van der Waals surface area contributed by atoms with Crippen molar-refractivity contribution in [1.29, 1.82) is 0 Å². The Kier molecular flexibility index (Phi) is 9.55. The van der Waals surface area contributed by atoms with Crippen LogP contribution in [0.3, 0.4) is 0 Å². The lowest BCUT2D eigenvalue weighted by Gasteiger charge is -2.12. The highest BCUT2D eigenvalue weighted by molar-refractivity contribution is 14.0. The lowest BCUT2D eigenvalue weighted by Crippen LogP contribution is -2.39. The number of benzene rings is 1. The number of aromatic nitrogens is 2. The predicted molar refractivity (Wildman–Crippen MR) is 108 cm³/mol. The molecule has 1 aromatic carbocycles. The van der Waals surface area contributed by atoms with Gasteiger partial charge in [-0.15, -0.1) is 24.0 Å². The van der Waals surface area contributed by atoms with Gasteiger partial charge in [0.1, 0.15) is 12.4 Å². The van der Waals surface area contributed by atoms with Crippen molar-refractivity contribution < 1.29 is 4.74 Å². The maximum Gasteiger partial charge on any atom is 0.191 e. The van der Waals surface area contributed by atoms with Crippen LogP contribution in [0.5, 0.6) is 5.75 Å². The van der Waals surface area contributed by atoms with E-state index in [-0.39, 0.29) is 24.0 Å². The number of halogens is 2. The molecule has 0 unspecified atom stereocenters. The van der Waals surface area contributed by atoms with E-state index >= 15 is 0 Å². The van der Waals surface area contributed by atoms with Crippen molar-refractivity contribution in [3.05, 3.63) is 47.2 Å². The second kappa shape index (κ2) is 11.1. The molecule has 2 rings (SSSR count). The van der Waals surface area contributed by atoms with Crippen molar-refractivity contribution >= 4 is 41.5 Å². The van der Waals surface area contributed by atoms with Gasteiger partial charge < -0.3 is 15.4 Å². The topological polar surface area (TPSA) is 63.5 Å². The molecule has 0 radical (unpaired) electrons. The molecule has 6 nitrogen and oxygen atoms in total. The van der Waals surface area contributed by atoms with Gasteiger partial charge in [-0.05, 0) is 31.2 Å². The summed E-state index contributed by atoms with van der Waals surface area (Å²) in [5, 5.41) is 11.2. The average Bonchev–Trinajstić information content (AvgIpc) is 2.94. The number of nitrogens with zero attached hydrogens (tertiary/aromatic N) is 3. The first-order chi connectivity index (χ1) is 11.2. The highest BCUT2D eigenvalue weighted by atomic mass is 127. The van der Waals surface area contributed by atoms with Crippen molar-refractivity contribution in [3.63, 3.8) is 0 Å². The summed E-state index contributed by atoms with van der Waals surface area (Å²) in [5.74, 6) is 1.51. The zero-order valence-electron chi connectivity index (χ0n) is 13.8. The number of ether oxygens (including phenoxy) is 1. The Morgan fingerprint density at radius 3 is 2.83 bits per heavy atom. The molecular formula is C16H23ClIN5O. The number of rotatable bonds is 7. The molecule has 0 fully saturated rings. The van der Waals surface area contributed by atoms with E-state index in [1.54, 1.807) is 12.3 Å². The van der Waals surface area contributed by atoms with Crippen LogP contribution in [0.25, 0.3) is 0 Å². The third kappa shape index (κ3) is 6.96. The maximum absolute atomic E-state index is 5.92. The Hall–Kier alpha value is -1.48. The van der Waals surface area contributed by atoms with Crippen LogP contribution in [0.2, 0.25) is 5.02 Å². The van der Waals surface area contributed by atoms with E-state index in [1.165, 1.54) is 0 Å². The molecular weight excluding hydrogens is 441 g/mol. The number of hydrogen-bond acceptors (Lipinski definition) is 3. The van der Waals surface area contributed by atoms with Gasteiger partial charge in [-0.2, -0.15) is 5.10 Å². The number of hydrogen-bond donors (Lipinski definition) is 2. The van der Waals surface area contributed by atoms with E-state index in [1.807, 2.05) is 42.9 Å². The molecule has 2 aromatic rings. The zero-order chi connectivity index (χ0) is 16.5. The van der Waals surface area contributed by atoms with Gasteiger partial charge in [0.25, 0.3) is 0 Å². The minimum absolute atomic E-state index is 0. The Labute approximate surface area is 164 Å². The monoisotopic (exact) mass is 463 g/mol. The fourth-order valence-electron chi connectivity index (χ4n) is 1.95. The first kappa shape index (κ1) is 20.6. The standard InChI is InChI=1S/C16H22ClN5O.HI/c1-3-18-16(20-12-14-7-8-21-22(14)2)19-9-10-23-15-6-4-5-13(17)11-15;/h4-8,11H,3,9-10,12H2,1-2H3,(H2,18,19,20);1H. The highest BCUT2D eigenvalue weighted by Gasteiger charge is 2.00. The van der Waals surface area contributed by atoms with Crippen molar-refractivity contribution in [2.24, 2.45) is 12.0 Å². The zero-order valence-corrected chi connectivity index (χ0v) is 16.9. The smallest absolute Gasteiger partial charge is 0.191 e. The number of guanidine groups is 1. The number of aliphatic imine (C=N–C) groups is 1. The molecule has 132 valence electrons. The third-order valence-electron chi connectivity index (χ3n) is 3.13. The minimum atomic E-state index is 0. The van der Waals surface area contributed by atoms with Crippen molar-refractivity contribution in [3.8, 4) is 5.75 Å². The van der Waals surface area contributed by atoms with Crippen LogP contribution in [0.4, 0.5) is 0 Å². The molecule has 0 aliphatic carbocycles. The molecule has 2 N–H and O–H groups in total. The molecule has 0 atom stereocenters. The third-order valence-corrected chi connectivity index (χ3v) is 3.36. The largest absolute Gasteiger partial charge is 0.492 e.